The first kappa shape index (κ1) is 12.5. The third-order valence-electron chi connectivity index (χ3n) is 2.22. The summed E-state index contributed by atoms with van der Waals surface area (Å²) in [5, 5.41) is 0.592. The fraction of sp³-hybridized carbons (Fsp3) is 0.167. The lowest BCUT2D eigenvalue weighted by molar-refractivity contribution is 0.0593. The second kappa shape index (κ2) is 5.59. The lowest BCUT2D eigenvalue weighted by Gasteiger charge is -2.05. The van der Waals surface area contributed by atoms with Crippen molar-refractivity contribution in [3.8, 4) is 0 Å². The van der Waals surface area contributed by atoms with Crippen molar-refractivity contribution in [1.82, 2.24) is 4.98 Å². The standard InChI is InChI=1S/C12H12N2O3S/c1-16-12(15)10-5-4-9(13)11(14-10)18-7-8-3-2-6-17-8/h2-6H,7,13H2,1H3. The van der Waals surface area contributed by atoms with Gasteiger partial charge in [0.2, 0.25) is 0 Å². The summed E-state index contributed by atoms with van der Waals surface area (Å²) in [6.45, 7) is 0. The molecule has 5 nitrogen and oxygen atoms in total. The first-order valence-corrected chi connectivity index (χ1v) is 6.19. The molecule has 0 spiro atoms. The van der Waals surface area contributed by atoms with Crippen LogP contribution in [0.4, 0.5) is 5.69 Å². The van der Waals surface area contributed by atoms with Crippen molar-refractivity contribution in [2.24, 2.45) is 0 Å². The number of furan rings is 1. The number of aromatic nitrogens is 1. The number of anilines is 1. The Balaban J connectivity index is 2.13. The van der Waals surface area contributed by atoms with Gasteiger partial charge in [-0.25, -0.2) is 9.78 Å². The van der Waals surface area contributed by atoms with Crippen LogP contribution in [0.15, 0.2) is 40.0 Å². The summed E-state index contributed by atoms with van der Waals surface area (Å²) in [5.74, 6) is 0.953. The monoisotopic (exact) mass is 264 g/mol. The molecule has 0 aliphatic heterocycles. The molecule has 2 N–H and O–H groups in total. The Morgan fingerprint density at radius 2 is 2.33 bits per heavy atom. The minimum absolute atomic E-state index is 0.244. The van der Waals surface area contributed by atoms with Crippen molar-refractivity contribution in [2.45, 2.75) is 10.8 Å². The molecule has 0 radical (unpaired) electrons. The number of esters is 1. The molecular weight excluding hydrogens is 252 g/mol. The van der Waals surface area contributed by atoms with E-state index in [9.17, 15) is 4.79 Å². The smallest absolute Gasteiger partial charge is 0.356 e. The van der Waals surface area contributed by atoms with Gasteiger partial charge in [-0.15, -0.1) is 0 Å². The van der Waals surface area contributed by atoms with Gasteiger partial charge < -0.3 is 14.9 Å². The molecule has 0 bridgehead atoms. The molecule has 6 heteroatoms. The number of methoxy groups -OCH3 is 1. The second-order valence-electron chi connectivity index (χ2n) is 3.45. The van der Waals surface area contributed by atoms with Crippen LogP contribution in [-0.2, 0) is 10.5 Å². The highest BCUT2D eigenvalue weighted by atomic mass is 32.2. The SMILES string of the molecule is COC(=O)c1ccc(N)c(SCc2ccco2)n1. The van der Waals surface area contributed by atoms with Crippen LogP contribution < -0.4 is 5.73 Å². The van der Waals surface area contributed by atoms with Gasteiger partial charge in [0, 0.05) is 0 Å². The molecule has 2 aromatic rings. The molecule has 0 unspecified atom stereocenters. The van der Waals surface area contributed by atoms with Crippen molar-refractivity contribution in [1.29, 1.82) is 0 Å². The summed E-state index contributed by atoms with van der Waals surface area (Å²) in [6.07, 6.45) is 1.61. The molecule has 2 heterocycles. The van der Waals surface area contributed by atoms with Crippen LogP contribution in [0.25, 0.3) is 0 Å². The number of hydrogen-bond donors (Lipinski definition) is 1. The van der Waals surface area contributed by atoms with Crippen LogP contribution in [0.3, 0.4) is 0 Å². The zero-order valence-corrected chi connectivity index (χ0v) is 10.6. The number of nitrogens with two attached hydrogens (primary N) is 1. The summed E-state index contributed by atoms with van der Waals surface area (Å²) in [4.78, 5) is 15.5. The van der Waals surface area contributed by atoms with Crippen LogP contribution >= 0.6 is 11.8 Å². The fourth-order valence-electron chi connectivity index (χ4n) is 1.32. The van der Waals surface area contributed by atoms with Gasteiger partial charge in [0.15, 0.2) is 0 Å². The Labute approximate surface area is 108 Å². The predicted octanol–water partition coefficient (Wildman–Crippen LogP) is 2.34. The Hall–Kier alpha value is -1.95. The Bertz CT molecular complexity index is 540. The molecule has 0 fully saturated rings. The van der Waals surface area contributed by atoms with Gasteiger partial charge in [0.05, 0.1) is 24.8 Å². The van der Waals surface area contributed by atoms with Crippen LogP contribution in [0.2, 0.25) is 0 Å². The third kappa shape index (κ3) is 2.84. The molecule has 0 aliphatic carbocycles. The summed E-state index contributed by atoms with van der Waals surface area (Å²) >= 11 is 1.41. The maximum absolute atomic E-state index is 11.4. The highest BCUT2D eigenvalue weighted by molar-refractivity contribution is 7.98. The number of thioether (sulfide) groups is 1. The van der Waals surface area contributed by atoms with Crippen LogP contribution in [0.1, 0.15) is 16.2 Å². The number of carbonyl (C=O) groups excluding carboxylic acids is 1. The largest absolute Gasteiger partial charge is 0.468 e. The van der Waals surface area contributed by atoms with Gasteiger partial charge >= 0.3 is 5.97 Å². The summed E-state index contributed by atoms with van der Waals surface area (Å²) in [5.41, 5.74) is 6.58. The number of carbonyl (C=O) groups is 1. The predicted molar refractivity (Wildman–Crippen MR) is 68.3 cm³/mol. The maximum atomic E-state index is 11.4. The van der Waals surface area contributed by atoms with E-state index in [0.717, 1.165) is 5.76 Å². The van der Waals surface area contributed by atoms with Crippen LogP contribution in [-0.4, -0.2) is 18.1 Å². The van der Waals surface area contributed by atoms with Gasteiger partial charge in [0.1, 0.15) is 16.5 Å². The molecule has 0 aromatic carbocycles. The van der Waals surface area contributed by atoms with E-state index in [1.807, 2.05) is 12.1 Å². The molecule has 2 aromatic heterocycles. The number of rotatable bonds is 4. The van der Waals surface area contributed by atoms with E-state index in [1.165, 1.54) is 24.9 Å². The lowest BCUT2D eigenvalue weighted by Crippen LogP contribution is -2.06. The molecule has 18 heavy (non-hydrogen) atoms. The van der Waals surface area contributed by atoms with E-state index in [-0.39, 0.29) is 5.69 Å². The molecule has 0 amide bonds. The first-order valence-electron chi connectivity index (χ1n) is 5.20. The quantitative estimate of drug-likeness (QED) is 0.674. The van der Waals surface area contributed by atoms with Gasteiger partial charge in [-0.05, 0) is 24.3 Å². The van der Waals surface area contributed by atoms with Crippen molar-refractivity contribution < 1.29 is 13.9 Å². The van der Waals surface area contributed by atoms with E-state index in [0.29, 0.717) is 16.5 Å². The van der Waals surface area contributed by atoms with Crippen molar-refractivity contribution >= 4 is 23.4 Å². The Kier molecular flexibility index (Phi) is 3.88. The molecule has 2 rings (SSSR count). The number of nitrogen functional groups attached to an aromatic ring is 1. The van der Waals surface area contributed by atoms with Crippen molar-refractivity contribution in [2.75, 3.05) is 12.8 Å². The lowest BCUT2D eigenvalue weighted by atomic mass is 10.3. The van der Waals surface area contributed by atoms with Crippen LogP contribution in [0.5, 0.6) is 0 Å². The summed E-state index contributed by atoms with van der Waals surface area (Å²) in [7, 11) is 1.32. The molecule has 0 aliphatic rings. The number of nitrogens with zero attached hydrogens (tertiary/aromatic N) is 1. The highest BCUT2D eigenvalue weighted by Gasteiger charge is 2.11. The minimum Gasteiger partial charge on any atom is -0.468 e. The van der Waals surface area contributed by atoms with Crippen LogP contribution in [0, 0.1) is 0 Å². The number of hydrogen-bond acceptors (Lipinski definition) is 6. The molecule has 0 saturated heterocycles. The molecule has 0 saturated carbocycles. The average molecular weight is 264 g/mol. The van der Waals surface area contributed by atoms with Crippen molar-refractivity contribution in [3.05, 3.63) is 42.0 Å². The summed E-state index contributed by atoms with van der Waals surface area (Å²) in [6, 6.07) is 6.87. The Morgan fingerprint density at radius 3 is 3.00 bits per heavy atom. The summed E-state index contributed by atoms with van der Waals surface area (Å²) < 4.78 is 9.82. The fourth-order valence-corrected chi connectivity index (χ4v) is 2.16. The highest BCUT2D eigenvalue weighted by Crippen LogP contribution is 2.26. The number of ether oxygens (including phenoxy) is 1. The molecule has 0 atom stereocenters. The van der Waals surface area contributed by atoms with Gasteiger partial charge in [-0.3, -0.25) is 0 Å². The molecule has 94 valence electrons. The molecular formula is C12H12N2O3S. The maximum Gasteiger partial charge on any atom is 0.356 e. The van der Waals surface area contributed by atoms with E-state index in [4.69, 9.17) is 10.2 Å². The zero-order chi connectivity index (χ0) is 13.0. The van der Waals surface area contributed by atoms with Gasteiger partial charge in [0.25, 0.3) is 0 Å². The third-order valence-corrected chi connectivity index (χ3v) is 3.24. The number of pyridine rings is 1. The van der Waals surface area contributed by atoms with Gasteiger partial charge in [-0.1, -0.05) is 11.8 Å². The normalized spacial score (nSPS) is 10.3. The Morgan fingerprint density at radius 1 is 1.50 bits per heavy atom. The van der Waals surface area contributed by atoms with E-state index < -0.39 is 5.97 Å². The van der Waals surface area contributed by atoms with Crippen molar-refractivity contribution in [3.63, 3.8) is 0 Å². The topological polar surface area (TPSA) is 78.4 Å². The second-order valence-corrected chi connectivity index (χ2v) is 4.41. The zero-order valence-electron chi connectivity index (χ0n) is 9.75. The van der Waals surface area contributed by atoms with E-state index >= 15 is 0 Å². The minimum atomic E-state index is -0.477. The van der Waals surface area contributed by atoms with E-state index in [2.05, 4.69) is 9.72 Å². The first-order chi connectivity index (χ1) is 8.70. The van der Waals surface area contributed by atoms with E-state index in [1.54, 1.807) is 12.3 Å². The van der Waals surface area contributed by atoms with Gasteiger partial charge in [-0.2, -0.15) is 0 Å². The average Bonchev–Trinajstić information content (AvgIpc) is 2.90.